The highest BCUT2D eigenvalue weighted by Crippen LogP contribution is 2.29. The Morgan fingerprint density at radius 3 is 2.81 bits per heavy atom. The van der Waals surface area contributed by atoms with Gasteiger partial charge in [0.25, 0.3) is 0 Å². The monoisotopic (exact) mass is 224 g/mol. The molecule has 3 fully saturated rings. The summed E-state index contributed by atoms with van der Waals surface area (Å²) in [5.41, 5.74) is 0. The van der Waals surface area contributed by atoms with Crippen LogP contribution in [0.3, 0.4) is 0 Å². The Balaban J connectivity index is 1.65. The van der Waals surface area contributed by atoms with Gasteiger partial charge < -0.3 is 10.0 Å². The van der Waals surface area contributed by atoms with Crippen LogP contribution in [-0.4, -0.2) is 58.6 Å². The first-order valence-corrected chi connectivity index (χ1v) is 6.47. The SMILES string of the molecule is O=C1CCC2CN([C@H]3CCC[C@@H]3O)CCN12. The van der Waals surface area contributed by atoms with E-state index in [2.05, 4.69) is 4.90 Å². The van der Waals surface area contributed by atoms with Crippen molar-refractivity contribution in [1.29, 1.82) is 0 Å². The molecular weight excluding hydrogens is 204 g/mol. The fourth-order valence-corrected chi connectivity index (χ4v) is 3.54. The molecule has 2 saturated heterocycles. The summed E-state index contributed by atoms with van der Waals surface area (Å²) in [7, 11) is 0. The molecule has 2 aliphatic heterocycles. The van der Waals surface area contributed by atoms with Crippen molar-refractivity contribution >= 4 is 5.91 Å². The van der Waals surface area contributed by atoms with Crippen LogP contribution in [0, 0.1) is 0 Å². The summed E-state index contributed by atoms with van der Waals surface area (Å²) in [5.74, 6) is 0.330. The van der Waals surface area contributed by atoms with E-state index in [4.69, 9.17) is 0 Å². The van der Waals surface area contributed by atoms with Crippen molar-refractivity contribution in [2.75, 3.05) is 19.6 Å². The van der Waals surface area contributed by atoms with Crippen LogP contribution in [0.5, 0.6) is 0 Å². The molecule has 3 aliphatic rings. The molecule has 0 radical (unpaired) electrons. The number of hydrogen-bond donors (Lipinski definition) is 1. The van der Waals surface area contributed by atoms with Crippen LogP contribution in [0.4, 0.5) is 0 Å². The number of fused-ring (bicyclic) bond motifs is 1. The molecule has 3 rings (SSSR count). The summed E-state index contributed by atoms with van der Waals surface area (Å²) in [4.78, 5) is 16.0. The van der Waals surface area contributed by atoms with E-state index in [0.29, 0.717) is 18.0 Å². The number of hydrogen-bond acceptors (Lipinski definition) is 3. The fraction of sp³-hybridized carbons (Fsp3) is 0.917. The second kappa shape index (κ2) is 4.00. The second-order valence-corrected chi connectivity index (χ2v) is 5.34. The second-order valence-electron chi connectivity index (χ2n) is 5.34. The Kier molecular flexibility index (Phi) is 2.64. The van der Waals surface area contributed by atoms with E-state index < -0.39 is 0 Å². The molecule has 4 nitrogen and oxygen atoms in total. The van der Waals surface area contributed by atoms with Crippen LogP contribution in [-0.2, 0) is 4.79 Å². The largest absolute Gasteiger partial charge is 0.391 e. The predicted molar refractivity (Wildman–Crippen MR) is 60.0 cm³/mol. The lowest BCUT2D eigenvalue weighted by Gasteiger charge is -2.41. The Morgan fingerprint density at radius 2 is 2.06 bits per heavy atom. The van der Waals surface area contributed by atoms with Gasteiger partial charge in [0, 0.05) is 38.1 Å². The number of piperazine rings is 1. The molecule has 3 atom stereocenters. The molecule has 0 aromatic carbocycles. The van der Waals surface area contributed by atoms with Gasteiger partial charge in [0.15, 0.2) is 0 Å². The van der Waals surface area contributed by atoms with Gasteiger partial charge in [0.1, 0.15) is 0 Å². The molecular formula is C12H20N2O2. The van der Waals surface area contributed by atoms with Crippen molar-refractivity contribution in [2.24, 2.45) is 0 Å². The summed E-state index contributed by atoms with van der Waals surface area (Å²) in [6, 6.07) is 0.784. The van der Waals surface area contributed by atoms with Gasteiger partial charge in [-0.25, -0.2) is 0 Å². The summed E-state index contributed by atoms with van der Waals surface area (Å²) < 4.78 is 0. The molecule has 16 heavy (non-hydrogen) atoms. The van der Waals surface area contributed by atoms with E-state index in [-0.39, 0.29) is 6.10 Å². The van der Waals surface area contributed by atoms with Crippen LogP contribution in [0.2, 0.25) is 0 Å². The maximum absolute atomic E-state index is 11.6. The minimum atomic E-state index is -0.136. The molecule has 1 aliphatic carbocycles. The van der Waals surface area contributed by atoms with Crippen molar-refractivity contribution in [3.63, 3.8) is 0 Å². The maximum atomic E-state index is 11.6. The average Bonchev–Trinajstić information content (AvgIpc) is 2.86. The third-order valence-electron chi connectivity index (χ3n) is 4.44. The molecule has 0 aromatic heterocycles. The summed E-state index contributed by atoms with van der Waals surface area (Å²) >= 11 is 0. The molecule has 1 amide bonds. The van der Waals surface area contributed by atoms with Crippen LogP contribution in [0.15, 0.2) is 0 Å². The number of carbonyl (C=O) groups is 1. The highest BCUT2D eigenvalue weighted by Gasteiger charge is 2.39. The topological polar surface area (TPSA) is 43.8 Å². The first kappa shape index (κ1) is 10.5. The van der Waals surface area contributed by atoms with Crippen molar-refractivity contribution in [2.45, 2.75) is 50.3 Å². The number of aliphatic hydroxyl groups excluding tert-OH is 1. The van der Waals surface area contributed by atoms with E-state index >= 15 is 0 Å². The number of amides is 1. The lowest BCUT2D eigenvalue weighted by atomic mass is 10.1. The number of rotatable bonds is 1. The molecule has 2 heterocycles. The summed E-state index contributed by atoms with van der Waals surface area (Å²) in [6.45, 7) is 2.80. The van der Waals surface area contributed by atoms with Crippen molar-refractivity contribution < 1.29 is 9.90 Å². The van der Waals surface area contributed by atoms with E-state index in [1.807, 2.05) is 4.90 Å². The normalized spacial score (nSPS) is 40.4. The van der Waals surface area contributed by atoms with Crippen LogP contribution >= 0.6 is 0 Å². The lowest BCUT2D eigenvalue weighted by molar-refractivity contribution is -0.131. The molecule has 4 heteroatoms. The van der Waals surface area contributed by atoms with Gasteiger partial charge in [-0.3, -0.25) is 9.69 Å². The van der Waals surface area contributed by atoms with Crippen molar-refractivity contribution in [3.8, 4) is 0 Å². The summed E-state index contributed by atoms with van der Waals surface area (Å²) in [6.07, 6.45) is 4.83. The molecule has 90 valence electrons. The number of aliphatic hydroxyl groups is 1. The standard InChI is InChI=1S/C12H20N2O2/c15-11-3-1-2-10(11)13-6-7-14-9(8-13)4-5-12(14)16/h9-11,15H,1-8H2/t9?,10-,11-/m0/s1. The van der Waals surface area contributed by atoms with Gasteiger partial charge in [0.2, 0.25) is 5.91 Å². The quantitative estimate of drug-likeness (QED) is 0.692. The van der Waals surface area contributed by atoms with Gasteiger partial charge in [-0.2, -0.15) is 0 Å². The highest BCUT2D eigenvalue weighted by molar-refractivity contribution is 5.78. The van der Waals surface area contributed by atoms with Gasteiger partial charge in [-0.1, -0.05) is 0 Å². The van der Waals surface area contributed by atoms with Gasteiger partial charge >= 0.3 is 0 Å². The first-order valence-electron chi connectivity index (χ1n) is 6.47. The Morgan fingerprint density at radius 1 is 1.19 bits per heavy atom. The maximum Gasteiger partial charge on any atom is 0.222 e. The van der Waals surface area contributed by atoms with Gasteiger partial charge in [0.05, 0.1) is 6.10 Å². The third kappa shape index (κ3) is 1.64. The molecule has 0 bridgehead atoms. The predicted octanol–water partition coefficient (Wildman–Crippen LogP) is 0.206. The van der Waals surface area contributed by atoms with Crippen LogP contribution < -0.4 is 0 Å². The Labute approximate surface area is 96.2 Å². The fourth-order valence-electron chi connectivity index (χ4n) is 3.54. The van der Waals surface area contributed by atoms with Gasteiger partial charge in [-0.05, 0) is 25.7 Å². The lowest BCUT2D eigenvalue weighted by Crippen LogP contribution is -2.55. The Bertz CT molecular complexity index is 295. The number of carbonyl (C=O) groups excluding carboxylic acids is 1. The zero-order chi connectivity index (χ0) is 11.1. The molecule has 0 spiro atoms. The minimum absolute atomic E-state index is 0.136. The third-order valence-corrected chi connectivity index (χ3v) is 4.44. The van der Waals surface area contributed by atoms with E-state index in [0.717, 1.165) is 51.7 Å². The summed E-state index contributed by atoms with van der Waals surface area (Å²) in [5, 5.41) is 9.91. The molecule has 1 N–H and O–H groups in total. The van der Waals surface area contributed by atoms with Crippen LogP contribution in [0.25, 0.3) is 0 Å². The zero-order valence-corrected chi connectivity index (χ0v) is 9.64. The molecule has 1 saturated carbocycles. The smallest absolute Gasteiger partial charge is 0.222 e. The van der Waals surface area contributed by atoms with Crippen molar-refractivity contribution in [1.82, 2.24) is 9.80 Å². The van der Waals surface area contributed by atoms with Crippen molar-refractivity contribution in [3.05, 3.63) is 0 Å². The minimum Gasteiger partial charge on any atom is -0.391 e. The van der Waals surface area contributed by atoms with Crippen LogP contribution in [0.1, 0.15) is 32.1 Å². The molecule has 0 aromatic rings. The van der Waals surface area contributed by atoms with E-state index in [1.54, 1.807) is 0 Å². The first-order chi connectivity index (χ1) is 7.75. The average molecular weight is 224 g/mol. The molecule has 1 unspecified atom stereocenters. The zero-order valence-electron chi connectivity index (χ0n) is 9.64. The highest BCUT2D eigenvalue weighted by atomic mass is 16.3. The van der Waals surface area contributed by atoms with E-state index in [1.165, 1.54) is 0 Å². The van der Waals surface area contributed by atoms with E-state index in [9.17, 15) is 9.90 Å². The Hall–Kier alpha value is -0.610. The number of nitrogens with zero attached hydrogens (tertiary/aromatic N) is 2. The van der Waals surface area contributed by atoms with Gasteiger partial charge in [-0.15, -0.1) is 0 Å².